The topological polar surface area (TPSA) is 0 Å². The van der Waals surface area contributed by atoms with Crippen LogP contribution in [-0.4, -0.2) is 0 Å². The van der Waals surface area contributed by atoms with Gasteiger partial charge in [0.25, 0.3) is 0 Å². The number of rotatable bonds is 2. The SMILES string of the molecule is CC=C(C1CCCCCC1)C1CCCCCC1. The third kappa shape index (κ3) is 3.86. The van der Waals surface area contributed by atoms with Gasteiger partial charge >= 0.3 is 0 Å². The smallest absolute Gasteiger partial charge is 0.0201 e. The van der Waals surface area contributed by atoms with Gasteiger partial charge in [0.2, 0.25) is 0 Å². The monoisotopic (exact) mass is 234 g/mol. The van der Waals surface area contributed by atoms with Crippen LogP contribution in [0.5, 0.6) is 0 Å². The third-order valence-electron chi connectivity index (χ3n) is 4.99. The van der Waals surface area contributed by atoms with Gasteiger partial charge in [-0.1, -0.05) is 63.0 Å². The molecule has 0 aromatic rings. The molecule has 0 atom stereocenters. The van der Waals surface area contributed by atoms with Crippen LogP contribution in [0.15, 0.2) is 11.6 Å². The molecule has 0 N–H and O–H groups in total. The lowest BCUT2D eigenvalue weighted by Gasteiger charge is -2.26. The van der Waals surface area contributed by atoms with Crippen LogP contribution in [0.3, 0.4) is 0 Å². The highest BCUT2D eigenvalue weighted by molar-refractivity contribution is 5.11. The van der Waals surface area contributed by atoms with Crippen molar-refractivity contribution in [3.8, 4) is 0 Å². The summed E-state index contributed by atoms with van der Waals surface area (Å²) >= 11 is 0. The lowest BCUT2D eigenvalue weighted by atomic mass is 9.80. The molecule has 0 spiro atoms. The molecule has 0 heteroatoms. The first-order valence-electron chi connectivity index (χ1n) is 8.08. The molecule has 0 unspecified atom stereocenters. The van der Waals surface area contributed by atoms with Gasteiger partial charge in [-0.2, -0.15) is 0 Å². The summed E-state index contributed by atoms with van der Waals surface area (Å²) in [6, 6.07) is 0. The Bertz CT molecular complexity index is 200. The first-order valence-corrected chi connectivity index (χ1v) is 8.08. The molecule has 2 aliphatic carbocycles. The van der Waals surface area contributed by atoms with Crippen LogP contribution in [0.2, 0.25) is 0 Å². The van der Waals surface area contributed by atoms with E-state index < -0.39 is 0 Å². The summed E-state index contributed by atoms with van der Waals surface area (Å²) in [5.41, 5.74) is 1.86. The molecule has 0 nitrogen and oxygen atoms in total. The van der Waals surface area contributed by atoms with Crippen LogP contribution in [0.4, 0.5) is 0 Å². The minimum atomic E-state index is 0.950. The van der Waals surface area contributed by atoms with E-state index in [-0.39, 0.29) is 0 Å². The average Bonchev–Trinajstić information content (AvgIpc) is 2.75. The zero-order valence-electron chi connectivity index (χ0n) is 11.7. The Labute approximate surface area is 108 Å². The summed E-state index contributed by atoms with van der Waals surface area (Å²) in [5, 5.41) is 0. The second kappa shape index (κ2) is 7.24. The molecule has 0 bridgehead atoms. The molecule has 0 aromatic carbocycles. The van der Waals surface area contributed by atoms with E-state index in [2.05, 4.69) is 13.0 Å². The van der Waals surface area contributed by atoms with E-state index >= 15 is 0 Å². The molecule has 0 saturated heterocycles. The molecule has 2 rings (SSSR count). The van der Waals surface area contributed by atoms with E-state index in [0.29, 0.717) is 0 Å². The highest BCUT2D eigenvalue weighted by Crippen LogP contribution is 2.38. The first-order chi connectivity index (χ1) is 8.42. The summed E-state index contributed by atoms with van der Waals surface area (Å²) in [6.45, 7) is 2.30. The Morgan fingerprint density at radius 2 is 1.00 bits per heavy atom. The normalized spacial score (nSPS) is 25.0. The molecule has 17 heavy (non-hydrogen) atoms. The van der Waals surface area contributed by atoms with Gasteiger partial charge in [-0.15, -0.1) is 0 Å². The van der Waals surface area contributed by atoms with Crippen molar-refractivity contribution in [1.82, 2.24) is 0 Å². The van der Waals surface area contributed by atoms with Gasteiger partial charge in [0, 0.05) is 0 Å². The fourth-order valence-electron chi connectivity index (χ4n) is 4.03. The van der Waals surface area contributed by atoms with Crippen molar-refractivity contribution in [2.45, 2.75) is 84.0 Å². The molecular weight excluding hydrogens is 204 g/mol. The molecule has 0 amide bonds. The molecule has 0 aromatic heterocycles. The first kappa shape index (κ1) is 13.2. The quantitative estimate of drug-likeness (QED) is 0.414. The van der Waals surface area contributed by atoms with Gasteiger partial charge in [0.05, 0.1) is 0 Å². The van der Waals surface area contributed by atoms with Crippen LogP contribution in [0.25, 0.3) is 0 Å². The van der Waals surface area contributed by atoms with Gasteiger partial charge < -0.3 is 0 Å². The van der Waals surface area contributed by atoms with Crippen molar-refractivity contribution in [1.29, 1.82) is 0 Å². The number of hydrogen-bond acceptors (Lipinski definition) is 0. The van der Waals surface area contributed by atoms with E-state index in [1.54, 1.807) is 0 Å². The van der Waals surface area contributed by atoms with E-state index in [1.165, 1.54) is 77.0 Å². The Morgan fingerprint density at radius 1 is 0.647 bits per heavy atom. The third-order valence-corrected chi connectivity index (χ3v) is 4.99. The highest BCUT2D eigenvalue weighted by atomic mass is 14.3. The predicted molar refractivity (Wildman–Crippen MR) is 76.1 cm³/mol. The van der Waals surface area contributed by atoms with Crippen molar-refractivity contribution in [2.24, 2.45) is 11.8 Å². The summed E-state index contributed by atoms with van der Waals surface area (Å²) in [5.74, 6) is 1.90. The largest absolute Gasteiger partial charge is 0.0879 e. The second-order valence-electron chi connectivity index (χ2n) is 6.17. The van der Waals surface area contributed by atoms with Crippen molar-refractivity contribution in [3.63, 3.8) is 0 Å². The fourth-order valence-corrected chi connectivity index (χ4v) is 4.03. The number of allylic oxidation sites excluding steroid dienone is 2. The van der Waals surface area contributed by atoms with E-state index in [9.17, 15) is 0 Å². The maximum atomic E-state index is 2.49. The minimum absolute atomic E-state index is 0.950. The van der Waals surface area contributed by atoms with Gasteiger partial charge in [-0.3, -0.25) is 0 Å². The van der Waals surface area contributed by atoms with Crippen LogP contribution in [0, 0.1) is 11.8 Å². The van der Waals surface area contributed by atoms with E-state index in [0.717, 1.165) is 11.8 Å². The zero-order valence-corrected chi connectivity index (χ0v) is 11.7. The summed E-state index contributed by atoms with van der Waals surface area (Å²) in [7, 11) is 0. The Hall–Kier alpha value is -0.260. The van der Waals surface area contributed by atoms with Gasteiger partial charge in [0.15, 0.2) is 0 Å². The molecule has 0 heterocycles. The molecule has 0 aliphatic heterocycles. The second-order valence-corrected chi connectivity index (χ2v) is 6.17. The van der Waals surface area contributed by atoms with Gasteiger partial charge in [-0.05, 0) is 44.4 Å². The molecular formula is C17H30. The maximum absolute atomic E-state index is 2.49. The lowest BCUT2D eigenvalue weighted by molar-refractivity contribution is 0.422. The summed E-state index contributed by atoms with van der Waals surface area (Å²) in [6.07, 6.45) is 20.3. The Balaban J connectivity index is 1.98. The van der Waals surface area contributed by atoms with Crippen molar-refractivity contribution >= 4 is 0 Å². The van der Waals surface area contributed by atoms with Crippen molar-refractivity contribution in [2.75, 3.05) is 0 Å². The molecule has 2 aliphatic rings. The summed E-state index contributed by atoms with van der Waals surface area (Å²) in [4.78, 5) is 0. The number of hydrogen-bond donors (Lipinski definition) is 0. The van der Waals surface area contributed by atoms with Crippen molar-refractivity contribution < 1.29 is 0 Å². The van der Waals surface area contributed by atoms with Crippen molar-refractivity contribution in [3.05, 3.63) is 11.6 Å². The molecule has 0 radical (unpaired) electrons. The lowest BCUT2D eigenvalue weighted by Crippen LogP contribution is -2.13. The van der Waals surface area contributed by atoms with Crippen LogP contribution < -0.4 is 0 Å². The Morgan fingerprint density at radius 3 is 1.29 bits per heavy atom. The van der Waals surface area contributed by atoms with Crippen LogP contribution in [-0.2, 0) is 0 Å². The van der Waals surface area contributed by atoms with Gasteiger partial charge in [-0.25, -0.2) is 0 Å². The van der Waals surface area contributed by atoms with E-state index in [4.69, 9.17) is 0 Å². The fraction of sp³-hybridized carbons (Fsp3) is 0.882. The highest BCUT2D eigenvalue weighted by Gasteiger charge is 2.23. The molecule has 2 saturated carbocycles. The Kier molecular flexibility index (Phi) is 5.61. The van der Waals surface area contributed by atoms with Crippen LogP contribution in [0.1, 0.15) is 84.0 Å². The average molecular weight is 234 g/mol. The summed E-state index contributed by atoms with van der Waals surface area (Å²) < 4.78 is 0. The molecule has 2 fully saturated rings. The van der Waals surface area contributed by atoms with Gasteiger partial charge in [0.1, 0.15) is 0 Å². The zero-order chi connectivity index (χ0) is 11.9. The van der Waals surface area contributed by atoms with Crippen LogP contribution >= 0.6 is 0 Å². The standard InChI is InChI=1S/C17H30/c1-2-17(15-11-7-3-4-8-12-15)16-13-9-5-6-10-14-16/h2,15-16H,3-14H2,1H3. The van der Waals surface area contributed by atoms with E-state index in [1.807, 2.05) is 5.57 Å². The predicted octanol–water partition coefficient (Wildman–Crippen LogP) is 5.87. The molecule has 98 valence electrons. The minimum Gasteiger partial charge on any atom is -0.0879 e. The maximum Gasteiger partial charge on any atom is -0.0201 e.